The number of aromatic nitrogens is 1. The van der Waals surface area contributed by atoms with Crippen LogP contribution >= 0.6 is 22.9 Å². The summed E-state index contributed by atoms with van der Waals surface area (Å²) in [4.78, 5) is 18.4. The predicted octanol–water partition coefficient (Wildman–Crippen LogP) is 3.60. The molecule has 0 spiro atoms. The molecule has 1 heterocycles. The van der Waals surface area contributed by atoms with Crippen LogP contribution in [-0.4, -0.2) is 31.2 Å². The maximum Gasteiger partial charge on any atom is 0.351 e. The smallest absolute Gasteiger partial charge is 0.351 e. The molecule has 2 atom stereocenters. The number of carbonyl (C=O) groups is 1. The van der Waals surface area contributed by atoms with Crippen LogP contribution in [0, 0.1) is 5.92 Å². The molecule has 1 aliphatic carbocycles. The van der Waals surface area contributed by atoms with Gasteiger partial charge in [-0.3, -0.25) is 0 Å². The molecule has 0 amide bonds. The fourth-order valence-electron chi connectivity index (χ4n) is 2.57. The maximum absolute atomic E-state index is 11.5. The van der Waals surface area contributed by atoms with Gasteiger partial charge in [-0.05, 0) is 18.8 Å². The summed E-state index contributed by atoms with van der Waals surface area (Å²) in [5.74, 6) is 0.330. The zero-order valence-corrected chi connectivity index (χ0v) is 13.1. The second-order valence-corrected chi connectivity index (χ2v) is 6.48. The van der Waals surface area contributed by atoms with Crippen molar-refractivity contribution in [2.24, 2.45) is 5.92 Å². The van der Waals surface area contributed by atoms with Crippen molar-refractivity contribution in [1.29, 1.82) is 0 Å². The van der Waals surface area contributed by atoms with Gasteiger partial charge in [-0.15, -0.1) is 0 Å². The van der Waals surface area contributed by atoms with Crippen LogP contribution in [-0.2, 0) is 4.74 Å². The molecule has 1 aromatic rings. The Kier molecular flexibility index (Phi) is 4.68. The minimum Gasteiger partial charge on any atom is -0.465 e. The van der Waals surface area contributed by atoms with Crippen molar-refractivity contribution in [3.8, 4) is 0 Å². The molecular weight excluding hydrogens is 284 g/mol. The number of nitrogens with zero attached hydrogens (tertiary/aromatic N) is 2. The van der Waals surface area contributed by atoms with Crippen molar-refractivity contribution >= 4 is 34.0 Å². The highest BCUT2D eigenvalue weighted by molar-refractivity contribution is 7.18. The number of thiazole rings is 1. The first-order valence-corrected chi connectivity index (χ1v) is 7.69. The molecule has 1 aromatic heterocycles. The van der Waals surface area contributed by atoms with Crippen molar-refractivity contribution < 1.29 is 9.53 Å². The highest BCUT2D eigenvalue weighted by Gasteiger charge is 2.26. The number of methoxy groups -OCH3 is 1. The van der Waals surface area contributed by atoms with Crippen LogP contribution in [0.25, 0.3) is 0 Å². The number of halogens is 1. The Labute approximate surface area is 122 Å². The molecule has 1 fully saturated rings. The largest absolute Gasteiger partial charge is 0.465 e. The van der Waals surface area contributed by atoms with Gasteiger partial charge in [0.05, 0.1) is 7.11 Å². The maximum atomic E-state index is 11.5. The quantitative estimate of drug-likeness (QED) is 0.800. The molecule has 0 saturated heterocycles. The van der Waals surface area contributed by atoms with Gasteiger partial charge in [0.15, 0.2) is 15.2 Å². The third-order valence-electron chi connectivity index (χ3n) is 3.70. The fourth-order valence-corrected chi connectivity index (χ4v) is 3.80. The molecule has 0 N–H and O–H groups in total. The van der Waals surface area contributed by atoms with E-state index in [0.29, 0.717) is 10.9 Å². The monoisotopic (exact) mass is 302 g/mol. The van der Waals surface area contributed by atoms with Crippen molar-refractivity contribution in [3.05, 3.63) is 10.0 Å². The number of ether oxygens (including phenoxy) is 1. The van der Waals surface area contributed by atoms with Crippen LogP contribution in [0.3, 0.4) is 0 Å². The van der Waals surface area contributed by atoms with Crippen LogP contribution in [0.5, 0.6) is 0 Å². The Hall–Kier alpha value is -0.810. The molecular formula is C13H19ClN2O2S. The summed E-state index contributed by atoms with van der Waals surface area (Å²) in [5.41, 5.74) is 0. The van der Waals surface area contributed by atoms with Gasteiger partial charge in [-0.1, -0.05) is 42.7 Å². The molecule has 0 radical (unpaired) electrons. The molecule has 0 aromatic carbocycles. The van der Waals surface area contributed by atoms with Crippen molar-refractivity contribution in [2.45, 2.75) is 38.6 Å². The van der Waals surface area contributed by atoms with E-state index >= 15 is 0 Å². The summed E-state index contributed by atoms with van der Waals surface area (Å²) in [6.07, 6.45) is 4.89. The van der Waals surface area contributed by atoms with Crippen LogP contribution < -0.4 is 4.90 Å². The Balaban J connectivity index is 2.15. The van der Waals surface area contributed by atoms with Gasteiger partial charge in [0.1, 0.15) is 0 Å². The lowest BCUT2D eigenvalue weighted by atomic mass is 9.86. The van der Waals surface area contributed by atoms with E-state index in [-0.39, 0.29) is 5.15 Å². The summed E-state index contributed by atoms with van der Waals surface area (Å²) < 4.78 is 4.70. The third kappa shape index (κ3) is 3.20. The van der Waals surface area contributed by atoms with Crippen LogP contribution in [0.4, 0.5) is 5.13 Å². The summed E-state index contributed by atoms with van der Waals surface area (Å²) in [5, 5.41) is 1.03. The average Bonchev–Trinajstić information content (AvgIpc) is 2.79. The van der Waals surface area contributed by atoms with E-state index < -0.39 is 5.97 Å². The molecule has 19 heavy (non-hydrogen) atoms. The molecule has 1 aliphatic rings. The van der Waals surface area contributed by atoms with E-state index in [4.69, 9.17) is 16.3 Å². The number of carbonyl (C=O) groups excluding carboxylic acids is 1. The zero-order valence-electron chi connectivity index (χ0n) is 11.5. The molecule has 6 heteroatoms. The summed E-state index contributed by atoms with van der Waals surface area (Å²) in [6, 6.07) is 0.483. The van der Waals surface area contributed by atoms with Crippen LogP contribution in [0.2, 0.25) is 5.15 Å². The zero-order chi connectivity index (χ0) is 14.0. The van der Waals surface area contributed by atoms with Crippen LogP contribution in [0.1, 0.15) is 42.3 Å². The molecule has 4 nitrogen and oxygen atoms in total. The summed E-state index contributed by atoms with van der Waals surface area (Å²) in [7, 11) is 3.38. The number of anilines is 1. The van der Waals surface area contributed by atoms with Crippen LogP contribution in [0.15, 0.2) is 0 Å². The van der Waals surface area contributed by atoms with Gasteiger partial charge in [-0.25, -0.2) is 9.78 Å². The van der Waals surface area contributed by atoms with Gasteiger partial charge < -0.3 is 9.64 Å². The molecule has 0 aliphatic heterocycles. The first-order chi connectivity index (χ1) is 9.02. The van der Waals surface area contributed by atoms with Gasteiger partial charge in [0.2, 0.25) is 0 Å². The standard InChI is InChI=1S/C13H19ClN2O2S/c1-8-5-4-6-9(7-8)16(2)13-15-11(14)10(19-13)12(17)18-3/h8-9H,4-7H2,1-3H3. The van der Waals surface area contributed by atoms with E-state index in [9.17, 15) is 4.79 Å². The van der Waals surface area contributed by atoms with E-state index in [1.807, 2.05) is 7.05 Å². The molecule has 1 saturated carbocycles. The first kappa shape index (κ1) is 14.6. The van der Waals surface area contributed by atoms with E-state index in [1.165, 1.54) is 44.1 Å². The minimum atomic E-state index is -0.417. The number of hydrogen-bond acceptors (Lipinski definition) is 5. The lowest BCUT2D eigenvalue weighted by Gasteiger charge is -2.33. The highest BCUT2D eigenvalue weighted by Crippen LogP contribution is 2.34. The lowest BCUT2D eigenvalue weighted by molar-refractivity contribution is 0.0606. The number of hydrogen-bond donors (Lipinski definition) is 0. The summed E-state index contributed by atoms with van der Waals surface area (Å²) in [6.45, 7) is 2.29. The summed E-state index contributed by atoms with van der Waals surface area (Å²) >= 11 is 7.31. The third-order valence-corrected chi connectivity index (χ3v) is 5.22. The SMILES string of the molecule is COC(=O)c1sc(N(C)C2CCCC(C)C2)nc1Cl. The average molecular weight is 303 g/mol. The van der Waals surface area contributed by atoms with Gasteiger partial charge >= 0.3 is 5.97 Å². The second-order valence-electron chi connectivity index (χ2n) is 5.14. The topological polar surface area (TPSA) is 42.4 Å². The Morgan fingerprint density at radius 2 is 2.26 bits per heavy atom. The predicted molar refractivity (Wildman–Crippen MR) is 78.3 cm³/mol. The molecule has 2 rings (SSSR count). The van der Waals surface area contributed by atoms with Gasteiger partial charge in [0.25, 0.3) is 0 Å². The Morgan fingerprint density at radius 1 is 1.53 bits per heavy atom. The van der Waals surface area contributed by atoms with Crippen molar-refractivity contribution in [2.75, 3.05) is 19.1 Å². The minimum absolute atomic E-state index is 0.238. The fraction of sp³-hybridized carbons (Fsp3) is 0.692. The first-order valence-electron chi connectivity index (χ1n) is 6.50. The number of esters is 1. The van der Waals surface area contributed by atoms with Gasteiger partial charge in [0, 0.05) is 13.1 Å². The normalized spacial score (nSPS) is 23.2. The Morgan fingerprint density at radius 3 is 2.89 bits per heavy atom. The molecule has 0 bridgehead atoms. The van der Waals surface area contributed by atoms with Crippen molar-refractivity contribution in [3.63, 3.8) is 0 Å². The number of rotatable bonds is 3. The van der Waals surface area contributed by atoms with Crippen molar-refractivity contribution in [1.82, 2.24) is 4.98 Å². The highest BCUT2D eigenvalue weighted by atomic mass is 35.5. The van der Waals surface area contributed by atoms with E-state index in [2.05, 4.69) is 16.8 Å². The lowest BCUT2D eigenvalue weighted by Crippen LogP contribution is -2.35. The van der Waals surface area contributed by atoms with E-state index in [0.717, 1.165) is 11.0 Å². The Bertz CT molecular complexity index is 463. The van der Waals surface area contributed by atoms with Gasteiger partial charge in [-0.2, -0.15) is 0 Å². The van der Waals surface area contributed by atoms with E-state index in [1.54, 1.807) is 0 Å². The molecule has 2 unspecified atom stereocenters. The second kappa shape index (κ2) is 6.09. The molecule has 106 valence electrons.